The van der Waals surface area contributed by atoms with Gasteiger partial charge in [0.1, 0.15) is 6.04 Å². The molecule has 0 fully saturated rings. The van der Waals surface area contributed by atoms with Crippen LogP contribution in [0.3, 0.4) is 0 Å². The Morgan fingerprint density at radius 1 is 0.933 bits per heavy atom. The van der Waals surface area contributed by atoms with Gasteiger partial charge in [0.15, 0.2) is 0 Å². The fourth-order valence-corrected chi connectivity index (χ4v) is 3.08. The van der Waals surface area contributed by atoms with Crippen LogP contribution in [-0.4, -0.2) is 47.8 Å². The minimum atomic E-state index is -1.50. The van der Waals surface area contributed by atoms with E-state index in [4.69, 9.17) is 0 Å². The fourth-order valence-electron chi connectivity index (χ4n) is 3.08. The van der Waals surface area contributed by atoms with Crippen molar-refractivity contribution in [3.8, 4) is 0 Å². The largest absolute Gasteiger partial charge is 0.467 e. The average molecular weight is 409 g/mol. The van der Waals surface area contributed by atoms with E-state index in [2.05, 4.69) is 15.4 Å². The van der Waals surface area contributed by atoms with E-state index in [0.29, 0.717) is 4.90 Å². The van der Waals surface area contributed by atoms with Gasteiger partial charge in [-0.1, -0.05) is 42.5 Å². The Morgan fingerprint density at radius 3 is 2.07 bits per heavy atom. The maximum Gasteiger partial charge on any atom is 0.329 e. The van der Waals surface area contributed by atoms with Gasteiger partial charge < -0.3 is 10.1 Å². The molecule has 1 atom stereocenters. The third kappa shape index (κ3) is 4.35. The van der Waals surface area contributed by atoms with E-state index in [0.717, 1.165) is 12.7 Å². The van der Waals surface area contributed by atoms with Crippen molar-refractivity contribution in [1.82, 2.24) is 15.5 Å². The number of carbonyl (C=O) groups is 5. The summed E-state index contributed by atoms with van der Waals surface area (Å²) in [6.07, 6.45) is -0.614. The summed E-state index contributed by atoms with van der Waals surface area (Å²) in [6, 6.07) is 12.9. The lowest BCUT2D eigenvalue weighted by molar-refractivity contribution is -0.147. The van der Waals surface area contributed by atoms with Crippen LogP contribution < -0.4 is 10.6 Å². The molecule has 0 saturated carbocycles. The summed E-state index contributed by atoms with van der Waals surface area (Å²) in [5.74, 6) is -3.18. The van der Waals surface area contributed by atoms with Crippen LogP contribution in [0.25, 0.3) is 0 Å². The molecule has 0 saturated heterocycles. The molecule has 9 nitrogen and oxygen atoms in total. The zero-order valence-corrected chi connectivity index (χ0v) is 16.1. The topological polar surface area (TPSA) is 122 Å². The Bertz CT molecular complexity index is 970. The number of carbonyl (C=O) groups excluding carboxylic acids is 5. The highest BCUT2D eigenvalue weighted by Gasteiger charge is 2.44. The van der Waals surface area contributed by atoms with Crippen molar-refractivity contribution in [2.75, 3.05) is 7.11 Å². The maximum atomic E-state index is 12.6. The van der Waals surface area contributed by atoms with Gasteiger partial charge in [-0.25, -0.2) is 9.59 Å². The molecule has 3 rings (SSSR count). The first-order valence-electron chi connectivity index (χ1n) is 9.08. The van der Waals surface area contributed by atoms with Gasteiger partial charge >= 0.3 is 12.0 Å². The summed E-state index contributed by atoms with van der Waals surface area (Å²) in [7, 11) is 1.08. The molecule has 0 spiro atoms. The van der Waals surface area contributed by atoms with Crippen LogP contribution in [0, 0.1) is 0 Å². The quantitative estimate of drug-likeness (QED) is 0.547. The lowest BCUT2D eigenvalue weighted by Crippen LogP contribution is -2.49. The van der Waals surface area contributed by atoms with Gasteiger partial charge in [0, 0.05) is 6.54 Å². The standard InChI is InChI=1S/C21H19N3O6/c1-30-20(28)16(24-18(26)14-9-5-6-10-15(14)19(24)27)11-17(25)23-21(29)22-12-13-7-3-2-4-8-13/h2-10,16H,11-12H2,1H3,(H2,22,23,25,29)/t16-/m1/s1. The van der Waals surface area contributed by atoms with E-state index in [1.807, 2.05) is 18.2 Å². The number of esters is 1. The van der Waals surface area contributed by atoms with Crippen LogP contribution in [0.15, 0.2) is 54.6 Å². The second kappa shape index (κ2) is 8.99. The van der Waals surface area contributed by atoms with E-state index >= 15 is 0 Å². The number of methoxy groups -OCH3 is 1. The fraction of sp³-hybridized carbons (Fsp3) is 0.190. The van der Waals surface area contributed by atoms with Gasteiger partial charge in [-0.05, 0) is 17.7 Å². The second-order valence-corrected chi connectivity index (χ2v) is 6.49. The zero-order valence-electron chi connectivity index (χ0n) is 16.1. The summed E-state index contributed by atoms with van der Waals surface area (Å²) < 4.78 is 4.67. The van der Waals surface area contributed by atoms with Crippen LogP contribution in [0.1, 0.15) is 32.7 Å². The van der Waals surface area contributed by atoms with Gasteiger partial charge in [-0.3, -0.25) is 24.6 Å². The van der Waals surface area contributed by atoms with Crippen LogP contribution in [-0.2, 0) is 20.9 Å². The van der Waals surface area contributed by atoms with Crippen molar-refractivity contribution in [3.05, 3.63) is 71.3 Å². The minimum absolute atomic E-state index is 0.136. The molecule has 9 heteroatoms. The highest BCUT2D eigenvalue weighted by Crippen LogP contribution is 2.26. The first kappa shape index (κ1) is 20.7. The molecule has 0 aliphatic carbocycles. The predicted molar refractivity (Wildman–Crippen MR) is 104 cm³/mol. The molecule has 0 bridgehead atoms. The monoisotopic (exact) mass is 409 g/mol. The Morgan fingerprint density at radius 2 is 1.50 bits per heavy atom. The second-order valence-electron chi connectivity index (χ2n) is 6.49. The first-order chi connectivity index (χ1) is 14.4. The number of benzene rings is 2. The zero-order chi connectivity index (χ0) is 21.7. The smallest absolute Gasteiger partial charge is 0.329 e. The Hall–Kier alpha value is -4.01. The van der Waals surface area contributed by atoms with Gasteiger partial charge in [0.2, 0.25) is 5.91 Å². The molecular weight excluding hydrogens is 390 g/mol. The number of fused-ring (bicyclic) bond motifs is 1. The molecule has 2 aromatic carbocycles. The Kier molecular flexibility index (Phi) is 6.21. The average Bonchev–Trinajstić information content (AvgIpc) is 3.01. The van der Waals surface area contributed by atoms with Crippen molar-refractivity contribution in [3.63, 3.8) is 0 Å². The van der Waals surface area contributed by atoms with Gasteiger partial charge in [-0.2, -0.15) is 0 Å². The van der Waals surface area contributed by atoms with Gasteiger partial charge in [0.05, 0.1) is 24.7 Å². The van der Waals surface area contributed by atoms with E-state index in [9.17, 15) is 24.0 Å². The van der Waals surface area contributed by atoms with E-state index in [1.165, 1.54) is 12.1 Å². The van der Waals surface area contributed by atoms with Crippen molar-refractivity contribution >= 4 is 29.7 Å². The van der Waals surface area contributed by atoms with Crippen molar-refractivity contribution in [2.24, 2.45) is 0 Å². The summed E-state index contributed by atoms with van der Waals surface area (Å²) in [5, 5.41) is 4.60. The minimum Gasteiger partial charge on any atom is -0.467 e. The highest BCUT2D eigenvalue weighted by atomic mass is 16.5. The van der Waals surface area contributed by atoms with Crippen molar-refractivity contribution < 1.29 is 28.7 Å². The molecule has 30 heavy (non-hydrogen) atoms. The van der Waals surface area contributed by atoms with Crippen LogP contribution in [0.5, 0.6) is 0 Å². The number of hydrogen-bond donors (Lipinski definition) is 2. The number of imide groups is 2. The summed E-state index contributed by atoms with van der Waals surface area (Å²) in [5.41, 5.74) is 1.10. The number of rotatable bonds is 6. The number of ether oxygens (including phenoxy) is 1. The molecular formula is C21H19N3O6. The van der Waals surface area contributed by atoms with E-state index < -0.39 is 42.2 Å². The molecule has 2 aromatic rings. The summed E-state index contributed by atoms with van der Waals surface area (Å²) in [4.78, 5) is 62.4. The number of nitrogens with zero attached hydrogens (tertiary/aromatic N) is 1. The molecule has 0 unspecified atom stereocenters. The molecule has 2 N–H and O–H groups in total. The number of amides is 5. The Labute approximate surface area is 172 Å². The number of nitrogens with one attached hydrogen (secondary N) is 2. The molecule has 0 aromatic heterocycles. The van der Waals surface area contributed by atoms with Crippen LogP contribution >= 0.6 is 0 Å². The first-order valence-corrected chi connectivity index (χ1v) is 9.08. The molecule has 154 valence electrons. The lowest BCUT2D eigenvalue weighted by atomic mass is 10.1. The number of hydrogen-bond acceptors (Lipinski definition) is 6. The van der Waals surface area contributed by atoms with Gasteiger partial charge in [0.25, 0.3) is 11.8 Å². The molecule has 1 heterocycles. The lowest BCUT2D eigenvalue weighted by Gasteiger charge is -2.23. The highest BCUT2D eigenvalue weighted by molar-refractivity contribution is 6.23. The third-order valence-electron chi connectivity index (χ3n) is 4.54. The SMILES string of the molecule is COC(=O)[C@@H](CC(=O)NC(=O)NCc1ccccc1)N1C(=O)c2ccccc2C1=O. The molecule has 0 radical (unpaired) electrons. The van der Waals surface area contributed by atoms with Crippen LogP contribution in [0.2, 0.25) is 0 Å². The van der Waals surface area contributed by atoms with Crippen molar-refractivity contribution in [1.29, 1.82) is 0 Å². The normalized spacial score (nSPS) is 13.4. The molecule has 1 aliphatic rings. The van der Waals surface area contributed by atoms with E-state index in [-0.39, 0.29) is 17.7 Å². The van der Waals surface area contributed by atoms with Crippen molar-refractivity contribution in [2.45, 2.75) is 19.0 Å². The molecule has 1 aliphatic heterocycles. The summed E-state index contributed by atoms with van der Waals surface area (Å²) >= 11 is 0. The predicted octanol–water partition coefficient (Wildman–Crippen LogP) is 1.24. The molecule has 5 amide bonds. The third-order valence-corrected chi connectivity index (χ3v) is 4.54. The summed E-state index contributed by atoms with van der Waals surface area (Å²) in [6.45, 7) is 0.193. The van der Waals surface area contributed by atoms with E-state index in [1.54, 1.807) is 24.3 Å². The van der Waals surface area contributed by atoms with Gasteiger partial charge in [-0.15, -0.1) is 0 Å². The maximum absolute atomic E-state index is 12.6. The van der Waals surface area contributed by atoms with Crippen LogP contribution in [0.4, 0.5) is 4.79 Å². The number of urea groups is 1. The Balaban J connectivity index is 1.66.